The summed E-state index contributed by atoms with van der Waals surface area (Å²) in [5, 5.41) is 18.3. The Balaban J connectivity index is 1.54. The number of fused-ring (bicyclic) bond motifs is 2. The third-order valence-corrected chi connectivity index (χ3v) is 4.95. The van der Waals surface area contributed by atoms with Crippen molar-refractivity contribution >= 4 is 0 Å². The monoisotopic (exact) mass is 238 g/mol. The zero-order chi connectivity index (χ0) is 11.6. The van der Waals surface area contributed by atoms with Gasteiger partial charge in [-0.1, -0.05) is 12.2 Å². The van der Waals surface area contributed by atoms with Crippen LogP contribution in [0.4, 0.5) is 0 Å². The van der Waals surface area contributed by atoms with Gasteiger partial charge in [-0.2, -0.15) is 0 Å². The Kier molecular flexibility index (Phi) is 2.19. The van der Waals surface area contributed by atoms with Gasteiger partial charge >= 0.3 is 0 Å². The summed E-state index contributed by atoms with van der Waals surface area (Å²) < 4.78 is 11.2. The summed E-state index contributed by atoms with van der Waals surface area (Å²) in [6.45, 7) is 0.258. The lowest BCUT2D eigenvalue weighted by Crippen LogP contribution is -2.31. The Labute approximate surface area is 100 Å². The van der Waals surface area contributed by atoms with Crippen LogP contribution in [0.25, 0.3) is 0 Å². The number of hydrogen-bond donors (Lipinski definition) is 2. The van der Waals surface area contributed by atoms with Gasteiger partial charge in [0.1, 0.15) is 12.2 Å². The van der Waals surface area contributed by atoms with Crippen LogP contribution in [0.15, 0.2) is 12.2 Å². The van der Waals surface area contributed by atoms with E-state index in [0.717, 1.165) is 0 Å². The van der Waals surface area contributed by atoms with Gasteiger partial charge in [-0.25, -0.2) is 0 Å². The number of aliphatic hydroxyl groups excluding tert-OH is 2. The van der Waals surface area contributed by atoms with Crippen molar-refractivity contribution in [3.63, 3.8) is 0 Å². The van der Waals surface area contributed by atoms with Crippen LogP contribution in [0.2, 0.25) is 0 Å². The SMILES string of the molecule is OC[C@@H]1O[C@@H]1[C@H]1[C@@H]([C@@H]2O[C@H]2CO)[C@H]2C=C[C@@H]1C2. The quantitative estimate of drug-likeness (QED) is 0.532. The maximum absolute atomic E-state index is 9.13. The lowest BCUT2D eigenvalue weighted by molar-refractivity contribution is 0.186. The molecule has 17 heavy (non-hydrogen) atoms. The maximum Gasteiger partial charge on any atom is 0.107 e. The molecule has 4 aliphatic rings. The Morgan fingerprint density at radius 3 is 1.71 bits per heavy atom. The van der Waals surface area contributed by atoms with Crippen molar-refractivity contribution in [2.75, 3.05) is 13.2 Å². The topological polar surface area (TPSA) is 65.5 Å². The molecule has 2 saturated heterocycles. The molecule has 3 fully saturated rings. The summed E-state index contributed by atoms with van der Waals surface area (Å²) in [6.07, 6.45) is 6.33. The first-order valence-corrected chi connectivity index (χ1v) is 6.54. The molecule has 0 aromatic rings. The van der Waals surface area contributed by atoms with Gasteiger partial charge < -0.3 is 19.7 Å². The third-order valence-electron chi connectivity index (χ3n) is 4.95. The van der Waals surface area contributed by atoms with Crippen LogP contribution < -0.4 is 0 Å². The van der Waals surface area contributed by atoms with Crippen molar-refractivity contribution in [1.82, 2.24) is 0 Å². The Hall–Kier alpha value is -0.420. The Bertz CT molecular complexity index is 323. The molecule has 2 N–H and O–H groups in total. The molecule has 8 atom stereocenters. The minimum absolute atomic E-state index is 0.0431. The van der Waals surface area contributed by atoms with Crippen LogP contribution in [0, 0.1) is 23.7 Å². The molecule has 0 spiro atoms. The number of allylic oxidation sites excluding steroid dienone is 2. The summed E-state index contributed by atoms with van der Waals surface area (Å²) in [4.78, 5) is 0. The first kappa shape index (κ1) is 10.5. The van der Waals surface area contributed by atoms with E-state index in [4.69, 9.17) is 19.7 Å². The molecule has 4 heteroatoms. The fraction of sp³-hybridized carbons (Fsp3) is 0.846. The lowest BCUT2D eigenvalue weighted by atomic mass is 9.77. The standard InChI is InChI=1S/C13H18O4/c14-4-8-12(16-8)10-6-1-2-7(3-6)11(10)13-9(5-15)17-13/h1-2,6-15H,3-5H2/t6-,7+,8-,9-,10-,11+,12+,13-/m0/s1. The van der Waals surface area contributed by atoms with Gasteiger partial charge in [0.25, 0.3) is 0 Å². The molecule has 2 bridgehead atoms. The molecule has 2 heterocycles. The van der Waals surface area contributed by atoms with Gasteiger partial charge in [-0.05, 0) is 30.1 Å². The number of hydrogen-bond acceptors (Lipinski definition) is 4. The number of aliphatic hydroxyl groups is 2. The predicted octanol–water partition coefficient (Wildman–Crippen LogP) is -0.0559. The van der Waals surface area contributed by atoms with E-state index < -0.39 is 0 Å². The summed E-state index contributed by atoms with van der Waals surface area (Å²) in [7, 11) is 0. The molecule has 1 saturated carbocycles. The minimum Gasteiger partial charge on any atom is -0.394 e. The maximum atomic E-state index is 9.13. The molecule has 0 aromatic carbocycles. The van der Waals surface area contributed by atoms with E-state index in [1.807, 2.05) is 0 Å². The van der Waals surface area contributed by atoms with Crippen LogP contribution in [0.1, 0.15) is 6.42 Å². The van der Waals surface area contributed by atoms with Gasteiger partial charge in [0.15, 0.2) is 0 Å². The smallest absolute Gasteiger partial charge is 0.107 e. The third kappa shape index (κ3) is 1.45. The fourth-order valence-electron chi connectivity index (χ4n) is 4.11. The largest absolute Gasteiger partial charge is 0.394 e. The van der Waals surface area contributed by atoms with Crippen LogP contribution in [-0.2, 0) is 9.47 Å². The van der Waals surface area contributed by atoms with Crippen molar-refractivity contribution in [2.45, 2.75) is 30.8 Å². The second-order valence-corrected chi connectivity index (χ2v) is 5.75. The van der Waals surface area contributed by atoms with Crippen molar-refractivity contribution in [1.29, 1.82) is 0 Å². The van der Waals surface area contributed by atoms with E-state index >= 15 is 0 Å². The van der Waals surface area contributed by atoms with E-state index in [-0.39, 0.29) is 37.6 Å². The molecular formula is C13H18O4. The molecule has 4 rings (SSSR count). The molecule has 0 unspecified atom stereocenters. The van der Waals surface area contributed by atoms with Gasteiger partial charge in [0, 0.05) is 0 Å². The van der Waals surface area contributed by atoms with Gasteiger partial charge in [-0.15, -0.1) is 0 Å². The molecule has 0 aromatic heterocycles. The van der Waals surface area contributed by atoms with E-state index in [1.54, 1.807) is 0 Å². The average Bonchev–Trinajstić information content (AvgIpc) is 3.23. The van der Waals surface area contributed by atoms with E-state index in [0.29, 0.717) is 23.7 Å². The average molecular weight is 238 g/mol. The van der Waals surface area contributed by atoms with Gasteiger partial charge in [-0.3, -0.25) is 0 Å². The molecule has 2 aliphatic carbocycles. The second-order valence-electron chi connectivity index (χ2n) is 5.75. The minimum atomic E-state index is 0.0431. The molecule has 0 radical (unpaired) electrons. The van der Waals surface area contributed by atoms with Crippen molar-refractivity contribution in [3.05, 3.63) is 12.2 Å². The van der Waals surface area contributed by atoms with Crippen LogP contribution in [0.5, 0.6) is 0 Å². The van der Waals surface area contributed by atoms with Crippen LogP contribution in [0.3, 0.4) is 0 Å². The second kappa shape index (κ2) is 3.54. The summed E-state index contributed by atoms with van der Waals surface area (Å²) in [5.74, 6) is 2.16. The Morgan fingerprint density at radius 1 is 0.882 bits per heavy atom. The number of ether oxygens (including phenoxy) is 2. The van der Waals surface area contributed by atoms with Crippen molar-refractivity contribution < 1.29 is 19.7 Å². The van der Waals surface area contributed by atoms with Crippen molar-refractivity contribution in [3.8, 4) is 0 Å². The van der Waals surface area contributed by atoms with E-state index in [9.17, 15) is 0 Å². The number of rotatable bonds is 4. The highest BCUT2D eigenvalue weighted by molar-refractivity contribution is 5.20. The van der Waals surface area contributed by atoms with E-state index in [2.05, 4.69) is 12.2 Å². The van der Waals surface area contributed by atoms with Gasteiger partial charge in [0.05, 0.1) is 25.4 Å². The predicted molar refractivity (Wildman–Crippen MR) is 59.2 cm³/mol. The normalized spacial score (nSPS) is 58.7. The zero-order valence-corrected chi connectivity index (χ0v) is 9.61. The molecular weight excluding hydrogens is 220 g/mol. The number of epoxide rings is 2. The summed E-state index contributed by atoms with van der Waals surface area (Å²) in [6, 6.07) is 0. The van der Waals surface area contributed by atoms with Crippen LogP contribution in [-0.4, -0.2) is 47.8 Å². The molecule has 2 aliphatic heterocycles. The molecule has 0 amide bonds. The zero-order valence-electron chi connectivity index (χ0n) is 9.61. The molecule has 4 nitrogen and oxygen atoms in total. The Morgan fingerprint density at radius 2 is 1.35 bits per heavy atom. The molecule has 94 valence electrons. The van der Waals surface area contributed by atoms with Crippen LogP contribution >= 0.6 is 0 Å². The van der Waals surface area contributed by atoms with E-state index in [1.165, 1.54) is 6.42 Å². The highest BCUT2D eigenvalue weighted by Crippen LogP contribution is 2.58. The fourth-order valence-corrected chi connectivity index (χ4v) is 4.11. The summed E-state index contributed by atoms with van der Waals surface area (Å²) in [5.41, 5.74) is 0. The van der Waals surface area contributed by atoms with Gasteiger partial charge in [0.2, 0.25) is 0 Å². The van der Waals surface area contributed by atoms with Crippen molar-refractivity contribution in [2.24, 2.45) is 23.7 Å². The first-order chi connectivity index (χ1) is 8.33. The highest BCUT2D eigenvalue weighted by atomic mass is 16.6. The summed E-state index contributed by atoms with van der Waals surface area (Å²) >= 11 is 0. The lowest BCUT2D eigenvalue weighted by Gasteiger charge is -2.25. The first-order valence-electron chi connectivity index (χ1n) is 6.54. The highest BCUT2D eigenvalue weighted by Gasteiger charge is 2.62.